The van der Waals surface area contributed by atoms with Crippen LogP contribution in [0.25, 0.3) is 10.8 Å². The fourth-order valence-electron chi connectivity index (χ4n) is 1.13. The van der Waals surface area contributed by atoms with Crippen molar-refractivity contribution < 1.29 is 0 Å². The molecule has 0 heteroatoms. The number of rotatable bonds is 0. The van der Waals surface area contributed by atoms with Crippen LogP contribution in [-0.2, 0) is 0 Å². The first kappa shape index (κ1) is 10.5. The van der Waals surface area contributed by atoms with Crippen molar-refractivity contribution in [2.45, 2.75) is 13.8 Å². The van der Waals surface area contributed by atoms with E-state index < -0.39 is 0 Å². The van der Waals surface area contributed by atoms with Gasteiger partial charge in [0.2, 0.25) is 0 Å². The predicted octanol–water partition coefficient (Wildman–Crippen LogP) is 4.42. The lowest BCUT2D eigenvalue weighted by Crippen LogP contribution is -1.67. The van der Waals surface area contributed by atoms with Gasteiger partial charge in [-0.25, -0.2) is 0 Å². The van der Waals surface area contributed by atoms with Gasteiger partial charge < -0.3 is 0 Å². The number of benzene rings is 2. The molecule has 0 bridgehead atoms. The molecule has 0 fully saturated rings. The SMILES string of the molecule is CC=CC.c1ccc2ccccc2c1. The number of fused-ring (bicyclic) bond motifs is 1. The van der Waals surface area contributed by atoms with E-state index >= 15 is 0 Å². The number of allylic oxidation sites excluding steroid dienone is 2. The molecule has 0 radical (unpaired) electrons. The van der Waals surface area contributed by atoms with Crippen LogP contribution in [0.15, 0.2) is 60.7 Å². The van der Waals surface area contributed by atoms with E-state index in [1.54, 1.807) is 0 Å². The van der Waals surface area contributed by atoms with Crippen molar-refractivity contribution in [1.82, 2.24) is 0 Å². The first-order valence-corrected chi connectivity index (χ1v) is 4.89. The van der Waals surface area contributed by atoms with E-state index in [9.17, 15) is 0 Å². The third kappa shape index (κ3) is 3.06. The van der Waals surface area contributed by atoms with Crippen LogP contribution in [0.5, 0.6) is 0 Å². The molecule has 72 valence electrons. The fourth-order valence-corrected chi connectivity index (χ4v) is 1.13. The van der Waals surface area contributed by atoms with Crippen molar-refractivity contribution in [3.63, 3.8) is 0 Å². The van der Waals surface area contributed by atoms with Gasteiger partial charge in [-0.3, -0.25) is 0 Å². The zero-order chi connectivity index (χ0) is 10.2. The molecule has 14 heavy (non-hydrogen) atoms. The maximum Gasteiger partial charge on any atom is -0.0184 e. The van der Waals surface area contributed by atoms with E-state index in [1.165, 1.54) is 10.8 Å². The first-order chi connectivity index (χ1) is 6.88. The second kappa shape index (κ2) is 5.98. The Labute approximate surface area is 85.9 Å². The molecule has 0 saturated carbocycles. The van der Waals surface area contributed by atoms with Crippen LogP contribution in [0, 0.1) is 0 Å². The van der Waals surface area contributed by atoms with Crippen LogP contribution in [-0.4, -0.2) is 0 Å². The fraction of sp³-hybridized carbons (Fsp3) is 0.143. The highest BCUT2D eigenvalue weighted by atomic mass is 13.9. The highest BCUT2D eigenvalue weighted by Gasteiger charge is 1.85. The standard InChI is InChI=1S/C10H8.C4H8/c1-2-6-10-8-4-3-7-9(10)5-1;1-3-4-2/h1-8H;3-4H,1-2H3. The highest BCUT2D eigenvalue weighted by Crippen LogP contribution is 2.11. The van der Waals surface area contributed by atoms with Crippen LogP contribution in [0.3, 0.4) is 0 Å². The summed E-state index contributed by atoms with van der Waals surface area (Å²) in [6.07, 6.45) is 4.00. The van der Waals surface area contributed by atoms with E-state index in [0.29, 0.717) is 0 Å². The smallest absolute Gasteiger partial charge is 0.0184 e. The van der Waals surface area contributed by atoms with Crippen molar-refractivity contribution in [2.24, 2.45) is 0 Å². The van der Waals surface area contributed by atoms with Gasteiger partial charge in [-0.1, -0.05) is 60.7 Å². The second-order valence-corrected chi connectivity index (χ2v) is 3.01. The Morgan fingerprint density at radius 2 is 0.929 bits per heavy atom. The normalized spacial score (nSPS) is 9.86. The summed E-state index contributed by atoms with van der Waals surface area (Å²) in [6, 6.07) is 16.7. The minimum atomic E-state index is 1.31. The van der Waals surface area contributed by atoms with Crippen LogP contribution >= 0.6 is 0 Å². The van der Waals surface area contributed by atoms with E-state index in [-0.39, 0.29) is 0 Å². The number of hydrogen-bond acceptors (Lipinski definition) is 0. The maximum atomic E-state index is 2.12. The number of hydrogen-bond donors (Lipinski definition) is 0. The molecule has 2 aromatic carbocycles. The summed E-state index contributed by atoms with van der Waals surface area (Å²) in [5, 5.41) is 2.62. The summed E-state index contributed by atoms with van der Waals surface area (Å²) in [7, 11) is 0. The quantitative estimate of drug-likeness (QED) is 0.531. The lowest BCUT2D eigenvalue weighted by molar-refractivity contribution is 1.64. The lowest BCUT2D eigenvalue weighted by atomic mass is 10.1. The Morgan fingerprint density at radius 3 is 1.14 bits per heavy atom. The van der Waals surface area contributed by atoms with Gasteiger partial charge in [-0.2, -0.15) is 0 Å². The van der Waals surface area contributed by atoms with Crippen molar-refractivity contribution in [2.75, 3.05) is 0 Å². The minimum Gasteiger partial charge on any atom is -0.0919 e. The molecule has 0 N–H and O–H groups in total. The Morgan fingerprint density at radius 1 is 0.643 bits per heavy atom. The molecule has 0 atom stereocenters. The summed E-state index contributed by atoms with van der Waals surface area (Å²) in [6.45, 7) is 4.00. The third-order valence-electron chi connectivity index (χ3n) is 1.99. The van der Waals surface area contributed by atoms with Gasteiger partial charge in [-0.15, -0.1) is 0 Å². The molecule has 0 aromatic heterocycles. The Bertz CT molecular complexity index is 330. The monoisotopic (exact) mass is 184 g/mol. The lowest BCUT2D eigenvalue weighted by Gasteiger charge is -1.92. The molecule has 0 aliphatic carbocycles. The minimum absolute atomic E-state index is 1.31. The van der Waals surface area contributed by atoms with Gasteiger partial charge in [-0.05, 0) is 24.6 Å². The molecular formula is C14H16. The zero-order valence-electron chi connectivity index (χ0n) is 8.77. The molecule has 0 unspecified atom stereocenters. The summed E-state index contributed by atoms with van der Waals surface area (Å²) in [5.74, 6) is 0. The van der Waals surface area contributed by atoms with Gasteiger partial charge in [0.15, 0.2) is 0 Å². The average molecular weight is 184 g/mol. The van der Waals surface area contributed by atoms with Gasteiger partial charge >= 0.3 is 0 Å². The molecule has 0 heterocycles. The molecule has 0 aliphatic rings. The average Bonchev–Trinajstić information content (AvgIpc) is 2.30. The van der Waals surface area contributed by atoms with Gasteiger partial charge in [0, 0.05) is 0 Å². The van der Waals surface area contributed by atoms with Crippen molar-refractivity contribution in [3.8, 4) is 0 Å². The molecule has 0 nitrogen and oxygen atoms in total. The van der Waals surface area contributed by atoms with Crippen molar-refractivity contribution in [3.05, 3.63) is 60.7 Å². The van der Waals surface area contributed by atoms with Crippen LogP contribution in [0.1, 0.15) is 13.8 Å². The van der Waals surface area contributed by atoms with E-state index in [0.717, 1.165) is 0 Å². The van der Waals surface area contributed by atoms with E-state index in [4.69, 9.17) is 0 Å². The van der Waals surface area contributed by atoms with Crippen LogP contribution in [0.2, 0.25) is 0 Å². The molecule has 2 aromatic rings. The topological polar surface area (TPSA) is 0 Å². The molecule has 0 amide bonds. The molecule has 0 spiro atoms. The van der Waals surface area contributed by atoms with E-state index in [2.05, 4.69) is 48.5 Å². The second-order valence-electron chi connectivity index (χ2n) is 3.01. The van der Waals surface area contributed by atoms with Crippen LogP contribution in [0.4, 0.5) is 0 Å². The van der Waals surface area contributed by atoms with Crippen molar-refractivity contribution >= 4 is 10.8 Å². The Kier molecular flexibility index (Phi) is 4.49. The summed E-state index contributed by atoms with van der Waals surface area (Å²) in [4.78, 5) is 0. The largest absolute Gasteiger partial charge is 0.0919 e. The summed E-state index contributed by atoms with van der Waals surface area (Å²) in [5.41, 5.74) is 0. The Hall–Kier alpha value is -1.56. The molecule has 0 aliphatic heterocycles. The summed E-state index contributed by atoms with van der Waals surface area (Å²) < 4.78 is 0. The molecule has 0 saturated heterocycles. The van der Waals surface area contributed by atoms with Crippen LogP contribution < -0.4 is 0 Å². The summed E-state index contributed by atoms with van der Waals surface area (Å²) >= 11 is 0. The first-order valence-electron chi connectivity index (χ1n) is 4.89. The zero-order valence-corrected chi connectivity index (χ0v) is 8.77. The van der Waals surface area contributed by atoms with E-state index in [1.807, 2.05) is 26.0 Å². The maximum absolute atomic E-state index is 2.12. The van der Waals surface area contributed by atoms with Crippen molar-refractivity contribution in [1.29, 1.82) is 0 Å². The molecule has 2 rings (SSSR count). The third-order valence-corrected chi connectivity index (χ3v) is 1.99. The van der Waals surface area contributed by atoms with Gasteiger partial charge in [0.05, 0.1) is 0 Å². The predicted molar refractivity (Wildman–Crippen MR) is 64.4 cm³/mol. The molecular weight excluding hydrogens is 168 g/mol. The Balaban J connectivity index is 0.000000213. The van der Waals surface area contributed by atoms with Gasteiger partial charge in [0.25, 0.3) is 0 Å². The van der Waals surface area contributed by atoms with Gasteiger partial charge in [0.1, 0.15) is 0 Å². The highest BCUT2D eigenvalue weighted by molar-refractivity contribution is 5.81.